The van der Waals surface area contributed by atoms with Crippen molar-refractivity contribution in [3.8, 4) is 10.6 Å². The van der Waals surface area contributed by atoms with Crippen molar-refractivity contribution in [2.75, 3.05) is 10.9 Å². The number of benzene rings is 1. The molecule has 19 heavy (non-hydrogen) atoms. The maximum absolute atomic E-state index is 4.56. The molecule has 0 aliphatic heterocycles. The number of rotatable bonds is 4. The van der Waals surface area contributed by atoms with Crippen molar-refractivity contribution in [2.24, 2.45) is 0 Å². The van der Waals surface area contributed by atoms with Crippen LogP contribution in [0.15, 0.2) is 47.8 Å². The Morgan fingerprint density at radius 2 is 1.84 bits per heavy atom. The van der Waals surface area contributed by atoms with E-state index in [0.29, 0.717) is 0 Å². The minimum atomic E-state index is 0.866. The molecule has 0 aliphatic rings. The maximum atomic E-state index is 4.56. The summed E-state index contributed by atoms with van der Waals surface area (Å²) in [6.07, 6.45) is 0. The minimum Gasteiger partial charge on any atom is -0.299 e. The number of thiazole rings is 1. The zero-order chi connectivity index (χ0) is 13.1. The molecule has 96 valence electrons. The maximum Gasteiger partial charge on any atom is 0.202 e. The molecule has 3 nitrogen and oxygen atoms in total. The number of aromatic nitrogens is 1. The van der Waals surface area contributed by atoms with Gasteiger partial charge in [-0.3, -0.25) is 10.9 Å². The third kappa shape index (κ3) is 2.94. The van der Waals surface area contributed by atoms with Crippen molar-refractivity contribution in [1.29, 1.82) is 0 Å². The Hall–Kier alpha value is -1.85. The van der Waals surface area contributed by atoms with E-state index in [9.17, 15) is 0 Å². The summed E-state index contributed by atoms with van der Waals surface area (Å²) < 4.78 is 0. The molecule has 0 aliphatic carbocycles. The zero-order valence-electron chi connectivity index (χ0n) is 10.4. The molecule has 1 aromatic carbocycles. The quantitative estimate of drug-likeness (QED) is 0.688. The summed E-state index contributed by atoms with van der Waals surface area (Å²) in [5.41, 5.74) is 8.30. The number of hydrazine groups is 1. The predicted octanol–water partition coefficient (Wildman–Crippen LogP) is 4.62. The molecule has 2 N–H and O–H groups in total. The fourth-order valence-corrected chi connectivity index (χ4v) is 3.23. The van der Waals surface area contributed by atoms with Crippen LogP contribution in [0, 0.1) is 6.92 Å². The van der Waals surface area contributed by atoms with Gasteiger partial charge in [-0.25, -0.2) is 4.98 Å². The number of thiophene rings is 1. The normalized spacial score (nSPS) is 10.4. The van der Waals surface area contributed by atoms with Crippen LogP contribution in [0.1, 0.15) is 4.88 Å². The second kappa shape index (κ2) is 5.42. The fourth-order valence-electron chi connectivity index (χ4n) is 1.66. The molecule has 0 atom stereocenters. The molecule has 0 radical (unpaired) electrons. The molecule has 2 aromatic heterocycles. The Labute approximate surface area is 119 Å². The van der Waals surface area contributed by atoms with Crippen molar-refractivity contribution in [3.05, 3.63) is 52.7 Å². The van der Waals surface area contributed by atoms with Gasteiger partial charge in [0, 0.05) is 10.3 Å². The number of hydrogen-bond acceptors (Lipinski definition) is 5. The Kier molecular flexibility index (Phi) is 3.48. The van der Waals surface area contributed by atoms with E-state index in [1.807, 2.05) is 30.3 Å². The summed E-state index contributed by atoms with van der Waals surface area (Å²) in [4.78, 5) is 7.08. The number of nitrogens with one attached hydrogen (secondary N) is 2. The highest BCUT2D eigenvalue weighted by Crippen LogP contribution is 2.30. The molecule has 0 unspecified atom stereocenters. The second-order valence-electron chi connectivity index (χ2n) is 4.06. The molecular weight excluding hydrogens is 274 g/mol. The van der Waals surface area contributed by atoms with Gasteiger partial charge in [0.2, 0.25) is 5.13 Å². The molecule has 0 amide bonds. The van der Waals surface area contributed by atoms with Gasteiger partial charge < -0.3 is 0 Å². The second-order valence-corrected chi connectivity index (χ2v) is 6.21. The first-order chi connectivity index (χ1) is 9.31. The van der Waals surface area contributed by atoms with Crippen LogP contribution in [0.2, 0.25) is 0 Å². The van der Waals surface area contributed by atoms with Crippen LogP contribution in [-0.4, -0.2) is 4.98 Å². The van der Waals surface area contributed by atoms with Crippen molar-refractivity contribution in [1.82, 2.24) is 4.98 Å². The third-order valence-corrected chi connectivity index (χ3v) is 4.37. The molecule has 0 spiro atoms. The average molecular weight is 287 g/mol. The Balaban J connectivity index is 1.68. The van der Waals surface area contributed by atoms with Crippen LogP contribution in [0.5, 0.6) is 0 Å². The average Bonchev–Trinajstić information content (AvgIpc) is 3.06. The summed E-state index contributed by atoms with van der Waals surface area (Å²) in [5, 5.41) is 2.94. The predicted molar refractivity (Wildman–Crippen MR) is 83.9 cm³/mol. The third-order valence-electron chi connectivity index (χ3n) is 2.58. The van der Waals surface area contributed by atoms with E-state index in [0.717, 1.165) is 16.5 Å². The fraction of sp³-hybridized carbons (Fsp3) is 0.0714. The van der Waals surface area contributed by atoms with Gasteiger partial charge in [-0.1, -0.05) is 18.2 Å². The Morgan fingerprint density at radius 3 is 2.58 bits per heavy atom. The van der Waals surface area contributed by atoms with E-state index < -0.39 is 0 Å². The lowest BCUT2D eigenvalue weighted by molar-refractivity contribution is 1.34. The Bertz CT molecular complexity index is 658. The number of para-hydroxylation sites is 1. The molecule has 0 bridgehead atoms. The van der Waals surface area contributed by atoms with E-state index in [2.05, 4.69) is 40.3 Å². The number of aryl methyl sites for hydroxylation is 1. The van der Waals surface area contributed by atoms with E-state index in [1.54, 1.807) is 22.7 Å². The molecule has 5 heteroatoms. The number of anilines is 2. The minimum absolute atomic E-state index is 0.866. The van der Waals surface area contributed by atoms with Crippen molar-refractivity contribution in [2.45, 2.75) is 6.92 Å². The van der Waals surface area contributed by atoms with E-state index in [1.165, 1.54) is 9.75 Å². The summed E-state index contributed by atoms with van der Waals surface area (Å²) >= 11 is 3.36. The first-order valence-electron chi connectivity index (χ1n) is 5.91. The van der Waals surface area contributed by atoms with Gasteiger partial charge in [-0.15, -0.1) is 22.7 Å². The summed E-state index contributed by atoms with van der Waals surface area (Å²) in [6, 6.07) is 14.2. The van der Waals surface area contributed by atoms with Crippen LogP contribution in [0.4, 0.5) is 10.8 Å². The summed E-state index contributed by atoms with van der Waals surface area (Å²) in [5.74, 6) is 0. The zero-order valence-corrected chi connectivity index (χ0v) is 12.0. The van der Waals surface area contributed by atoms with Crippen molar-refractivity contribution < 1.29 is 0 Å². The van der Waals surface area contributed by atoms with Gasteiger partial charge in [0.05, 0.1) is 16.3 Å². The van der Waals surface area contributed by atoms with Gasteiger partial charge in [0.1, 0.15) is 0 Å². The molecule has 2 heterocycles. The number of hydrogen-bond donors (Lipinski definition) is 2. The first-order valence-corrected chi connectivity index (χ1v) is 7.60. The van der Waals surface area contributed by atoms with Crippen LogP contribution in [0.25, 0.3) is 10.6 Å². The lowest BCUT2D eigenvalue weighted by atomic mass is 10.3. The SMILES string of the molecule is Cc1ccc(-c2csc(NNc3ccccc3)n2)s1. The molecule has 0 saturated heterocycles. The van der Waals surface area contributed by atoms with Crippen LogP contribution >= 0.6 is 22.7 Å². The lowest BCUT2D eigenvalue weighted by Crippen LogP contribution is -2.07. The van der Waals surface area contributed by atoms with Crippen molar-refractivity contribution in [3.63, 3.8) is 0 Å². The van der Waals surface area contributed by atoms with Gasteiger partial charge in [-0.05, 0) is 31.2 Å². The highest BCUT2D eigenvalue weighted by Gasteiger charge is 2.06. The largest absolute Gasteiger partial charge is 0.299 e. The standard InChI is InChI=1S/C14H13N3S2/c1-10-7-8-13(19-10)12-9-18-14(15-12)17-16-11-5-3-2-4-6-11/h2-9,16H,1H3,(H,15,17). The van der Waals surface area contributed by atoms with Crippen LogP contribution < -0.4 is 10.9 Å². The summed E-state index contributed by atoms with van der Waals surface area (Å²) in [7, 11) is 0. The molecule has 3 rings (SSSR count). The highest BCUT2D eigenvalue weighted by molar-refractivity contribution is 7.16. The van der Waals surface area contributed by atoms with Gasteiger partial charge in [0.25, 0.3) is 0 Å². The monoisotopic (exact) mass is 287 g/mol. The molecule has 0 fully saturated rings. The Morgan fingerprint density at radius 1 is 1.00 bits per heavy atom. The van der Waals surface area contributed by atoms with E-state index in [-0.39, 0.29) is 0 Å². The molecule has 0 saturated carbocycles. The van der Waals surface area contributed by atoms with E-state index >= 15 is 0 Å². The van der Waals surface area contributed by atoms with Gasteiger partial charge in [-0.2, -0.15) is 0 Å². The van der Waals surface area contributed by atoms with E-state index in [4.69, 9.17) is 0 Å². The van der Waals surface area contributed by atoms with Crippen LogP contribution in [-0.2, 0) is 0 Å². The number of nitrogens with zero attached hydrogens (tertiary/aromatic N) is 1. The van der Waals surface area contributed by atoms with Gasteiger partial charge in [0.15, 0.2) is 0 Å². The lowest BCUT2D eigenvalue weighted by Gasteiger charge is -2.05. The van der Waals surface area contributed by atoms with Crippen LogP contribution in [0.3, 0.4) is 0 Å². The first kappa shape index (κ1) is 12.2. The molecular formula is C14H13N3S2. The smallest absolute Gasteiger partial charge is 0.202 e. The van der Waals surface area contributed by atoms with Gasteiger partial charge >= 0.3 is 0 Å². The molecule has 3 aromatic rings. The summed E-state index contributed by atoms with van der Waals surface area (Å²) in [6.45, 7) is 2.11. The topological polar surface area (TPSA) is 37.0 Å². The van der Waals surface area contributed by atoms with Crippen molar-refractivity contribution >= 4 is 33.5 Å². The highest BCUT2D eigenvalue weighted by atomic mass is 32.1.